The summed E-state index contributed by atoms with van der Waals surface area (Å²) in [7, 11) is 1.70. The van der Waals surface area contributed by atoms with E-state index in [4.69, 9.17) is 9.84 Å². The van der Waals surface area contributed by atoms with Gasteiger partial charge in [0.25, 0.3) is 0 Å². The van der Waals surface area contributed by atoms with Crippen LogP contribution in [0, 0.1) is 5.41 Å². The first-order valence-corrected chi connectivity index (χ1v) is 6.73. The maximum atomic E-state index is 10.5. The predicted molar refractivity (Wildman–Crippen MR) is 64.3 cm³/mol. The number of methoxy groups -OCH3 is 1. The van der Waals surface area contributed by atoms with Crippen molar-refractivity contribution in [1.29, 1.82) is 0 Å². The van der Waals surface area contributed by atoms with Gasteiger partial charge in [-0.15, -0.1) is 5.10 Å². The van der Waals surface area contributed by atoms with E-state index in [-0.39, 0.29) is 11.2 Å². The number of carbonyl (C=O) groups is 1. The summed E-state index contributed by atoms with van der Waals surface area (Å²) in [6.07, 6.45) is 3.30. The second kappa shape index (κ2) is 5.66. The lowest BCUT2D eigenvalue weighted by molar-refractivity contribution is -0.133. The largest absolute Gasteiger partial charge is 0.481 e. The summed E-state index contributed by atoms with van der Waals surface area (Å²) in [4.78, 5) is 10.5. The summed E-state index contributed by atoms with van der Waals surface area (Å²) >= 11 is 1.15. The van der Waals surface area contributed by atoms with Gasteiger partial charge < -0.3 is 9.84 Å². The third kappa shape index (κ3) is 3.42. The Morgan fingerprint density at radius 1 is 1.61 bits per heavy atom. The van der Waals surface area contributed by atoms with E-state index < -0.39 is 5.97 Å². The van der Waals surface area contributed by atoms with E-state index in [0.717, 1.165) is 44.2 Å². The fourth-order valence-corrected chi connectivity index (χ4v) is 2.42. The fraction of sp³-hybridized carbons (Fsp3) is 0.800. The molecule has 0 atom stereocenters. The molecule has 2 rings (SSSR count). The fourth-order valence-electron chi connectivity index (χ4n) is 1.83. The smallest absolute Gasteiger partial charge is 0.313 e. The van der Waals surface area contributed by atoms with Crippen LogP contribution in [0.15, 0.2) is 5.16 Å². The maximum absolute atomic E-state index is 10.5. The van der Waals surface area contributed by atoms with E-state index in [1.165, 1.54) is 0 Å². The van der Waals surface area contributed by atoms with Gasteiger partial charge in [-0.3, -0.25) is 4.79 Å². The number of aliphatic carboxylic acids is 1. The van der Waals surface area contributed by atoms with Crippen LogP contribution in [0.2, 0.25) is 0 Å². The number of hydrogen-bond donors (Lipinski definition) is 1. The first-order valence-electron chi connectivity index (χ1n) is 5.75. The molecule has 1 aromatic heterocycles. The molecule has 8 heteroatoms. The molecule has 1 N–H and O–H groups in total. The van der Waals surface area contributed by atoms with Crippen molar-refractivity contribution in [3.63, 3.8) is 0 Å². The van der Waals surface area contributed by atoms with E-state index in [0.29, 0.717) is 5.16 Å². The second-order valence-electron chi connectivity index (χ2n) is 4.54. The highest BCUT2D eigenvalue weighted by Gasteiger charge is 2.43. The van der Waals surface area contributed by atoms with Crippen molar-refractivity contribution in [3.05, 3.63) is 0 Å². The molecule has 1 saturated carbocycles. The Kier molecular flexibility index (Phi) is 4.18. The molecule has 18 heavy (non-hydrogen) atoms. The molecule has 100 valence electrons. The van der Waals surface area contributed by atoms with Crippen LogP contribution in [-0.2, 0) is 16.1 Å². The van der Waals surface area contributed by atoms with E-state index in [2.05, 4.69) is 15.5 Å². The Balaban J connectivity index is 1.93. The van der Waals surface area contributed by atoms with Gasteiger partial charge in [-0.2, -0.15) is 0 Å². The van der Waals surface area contributed by atoms with Gasteiger partial charge in [0, 0.05) is 13.7 Å². The zero-order valence-electron chi connectivity index (χ0n) is 10.2. The number of carboxylic acid groups (broad SMARTS) is 1. The summed E-state index contributed by atoms with van der Waals surface area (Å²) in [5.74, 6) is -0.888. The van der Waals surface area contributed by atoms with E-state index in [9.17, 15) is 4.79 Å². The van der Waals surface area contributed by atoms with Gasteiger partial charge in [0.15, 0.2) is 0 Å². The molecular weight excluding hydrogens is 256 g/mol. The first-order chi connectivity index (χ1) is 8.65. The van der Waals surface area contributed by atoms with Crippen LogP contribution >= 0.6 is 11.8 Å². The van der Waals surface area contributed by atoms with Crippen molar-refractivity contribution < 1.29 is 14.6 Å². The molecule has 0 aliphatic heterocycles. The Morgan fingerprint density at radius 2 is 2.39 bits per heavy atom. The molecule has 0 radical (unpaired) electrons. The lowest BCUT2D eigenvalue weighted by atomic mass is 10.0. The van der Waals surface area contributed by atoms with Crippen molar-refractivity contribution in [1.82, 2.24) is 20.2 Å². The molecule has 1 aliphatic rings. The molecule has 0 amide bonds. The number of hydrogen-bond acceptors (Lipinski definition) is 6. The Labute approximate surface area is 109 Å². The Bertz CT molecular complexity index is 419. The molecule has 0 aromatic carbocycles. The van der Waals surface area contributed by atoms with Crippen LogP contribution in [0.4, 0.5) is 0 Å². The number of nitrogens with zero attached hydrogens (tertiary/aromatic N) is 4. The lowest BCUT2D eigenvalue weighted by Crippen LogP contribution is -2.16. The molecule has 1 aromatic rings. The third-order valence-corrected chi connectivity index (χ3v) is 4.04. The topological polar surface area (TPSA) is 90.1 Å². The van der Waals surface area contributed by atoms with Crippen molar-refractivity contribution in [2.24, 2.45) is 5.41 Å². The van der Waals surface area contributed by atoms with Gasteiger partial charge in [0.2, 0.25) is 5.16 Å². The average Bonchev–Trinajstić information content (AvgIpc) is 2.95. The van der Waals surface area contributed by atoms with Crippen molar-refractivity contribution >= 4 is 17.7 Å². The van der Waals surface area contributed by atoms with Crippen LogP contribution in [0.3, 0.4) is 0 Å². The number of tetrazole rings is 1. The molecule has 1 aliphatic carbocycles. The van der Waals surface area contributed by atoms with Crippen LogP contribution < -0.4 is 0 Å². The first kappa shape index (κ1) is 13.3. The summed E-state index contributed by atoms with van der Waals surface area (Å²) < 4.78 is 6.81. The maximum Gasteiger partial charge on any atom is 0.313 e. The van der Waals surface area contributed by atoms with E-state index in [1.807, 2.05) is 0 Å². The molecule has 0 saturated heterocycles. The van der Waals surface area contributed by atoms with Crippen LogP contribution in [-0.4, -0.2) is 50.8 Å². The highest BCUT2D eigenvalue weighted by molar-refractivity contribution is 7.99. The minimum atomic E-state index is -0.866. The van der Waals surface area contributed by atoms with Crippen molar-refractivity contribution in [2.75, 3.05) is 19.5 Å². The number of thioether (sulfide) groups is 1. The SMILES string of the molecule is COCCC1(Cn2nnnc2SCC(=O)O)CC1. The zero-order valence-corrected chi connectivity index (χ0v) is 11.0. The predicted octanol–water partition coefficient (Wildman–Crippen LogP) is 0.666. The second-order valence-corrected chi connectivity index (χ2v) is 5.49. The number of carboxylic acids is 1. The quantitative estimate of drug-likeness (QED) is 0.695. The van der Waals surface area contributed by atoms with Crippen molar-refractivity contribution in [2.45, 2.75) is 31.0 Å². The van der Waals surface area contributed by atoms with Crippen LogP contribution in [0.1, 0.15) is 19.3 Å². The van der Waals surface area contributed by atoms with Gasteiger partial charge in [-0.25, -0.2) is 4.68 Å². The lowest BCUT2D eigenvalue weighted by Gasteiger charge is -2.14. The van der Waals surface area contributed by atoms with Gasteiger partial charge in [0.1, 0.15) is 0 Å². The van der Waals surface area contributed by atoms with Crippen molar-refractivity contribution in [3.8, 4) is 0 Å². The van der Waals surface area contributed by atoms with Crippen LogP contribution in [0.5, 0.6) is 0 Å². The minimum Gasteiger partial charge on any atom is -0.481 e. The zero-order chi connectivity index (χ0) is 13.0. The number of ether oxygens (including phenoxy) is 1. The molecule has 1 heterocycles. The number of aromatic nitrogens is 4. The molecular formula is C10H16N4O3S. The van der Waals surface area contributed by atoms with Gasteiger partial charge in [0.05, 0.1) is 12.3 Å². The molecule has 0 unspecified atom stereocenters. The standard InChI is InChI=1S/C10H16N4O3S/c1-17-5-4-10(2-3-10)7-14-9(11-12-13-14)18-6-8(15)16/h2-7H2,1H3,(H,15,16). The average molecular weight is 272 g/mol. The monoisotopic (exact) mass is 272 g/mol. The Morgan fingerprint density at radius 3 is 3.00 bits per heavy atom. The number of rotatable bonds is 8. The molecule has 0 spiro atoms. The molecule has 0 bridgehead atoms. The van der Waals surface area contributed by atoms with Gasteiger partial charge in [-0.05, 0) is 35.1 Å². The Hall–Kier alpha value is -1.15. The van der Waals surface area contributed by atoms with E-state index in [1.54, 1.807) is 11.8 Å². The van der Waals surface area contributed by atoms with Gasteiger partial charge >= 0.3 is 5.97 Å². The third-order valence-electron chi connectivity index (χ3n) is 3.10. The highest BCUT2D eigenvalue weighted by atomic mass is 32.2. The van der Waals surface area contributed by atoms with Crippen LogP contribution in [0.25, 0.3) is 0 Å². The highest BCUT2D eigenvalue weighted by Crippen LogP contribution is 2.50. The molecule has 1 fully saturated rings. The summed E-state index contributed by atoms with van der Waals surface area (Å²) in [6.45, 7) is 1.48. The summed E-state index contributed by atoms with van der Waals surface area (Å²) in [6, 6.07) is 0. The summed E-state index contributed by atoms with van der Waals surface area (Å²) in [5.41, 5.74) is 0.240. The normalized spacial score (nSPS) is 16.7. The molecule has 7 nitrogen and oxygen atoms in total. The summed E-state index contributed by atoms with van der Waals surface area (Å²) in [5, 5.41) is 20.6. The van der Waals surface area contributed by atoms with E-state index >= 15 is 0 Å². The van der Waals surface area contributed by atoms with Gasteiger partial charge in [-0.1, -0.05) is 11.8 Å². The minimum absolute atomic E-state index is 0.0224.